The second kappa shape index (κ2) is 7.33. The maximum absolute atomic E-state index is 11.8. The molecule has 0 spiro atoms. The zero-order valence-electron chi connectivity index (χ0n) is 12.3. The Morgan fingerprint density at radius 1 is 1.09 bits per heavy atom. The predicted molar refractivity (Wildman–Crippen MR) is 83.8 cm³/mol. The van der Waals surface area contributed by atoms with E-state index in [2.05, 4.69) is 15.6 Å². The monoisotopic (exact) mass is 298 g/mol. The van der Waals surface area contributed by atoms with E-state index in [1.165, 1.54) is 0 Å². The molecule has 0 fully saturated rings. The average Bonchev–Trinajstić information content (AvgIpc) is 2.52. The van der Waals surface area contributed by atoms with Gasteiger partial charge in [-0.25, -0.2) is 4.98 Å². The van der Waals surface area contributed by atoms with E-state index in [9.17, 15) is 9.59 Å². The van der Waals surface area contributed by atoms with E-state index in [-0.39, 0.29) is 6.54 Å². The Morgan fingerprint density at radius 3 is 2.55 bits per heavy atom. The van der Waals surface area contributed by atoms with Crippen LogP contribution in [0, 0.1) is 6.92 Å². The highest BCUT2D eigenvalue weighted by molar-refractivity contribution is 6.39. The molecule has 0 saturated carbocycles. The van der Waals surface area contributed by atoms with Crippen molar-refractivity contribution in [3.8, 4) is 0 Å². The molecular weight excluding hydrogens is 280 g/mol. The Balaban J connectivity index is 1.90. The van der Waals surface area contributed by atoms with Crippen molar-refractivity contribution in [2.24, 2.45) is 5.73 Å². The van der Waals surface area contributed by atoms with Crippen molar-refractivity contribution in [3.63, 3.8) is 0 Å². The van der Waals surface area contributed by atoms with E-state index >= 15 is 0 Å². The molecule has 0 aliphatic rings. The first-order valence-electron chi connectivity index (χ1n) is 6.89. The fraction of sp³-hybridized carbons (Fsp3) is 0.188. The minimum Gasteiger partial charge on any atom is -0.344 e. The molecule has 0 bridgehead atoms. The molecule has 2 aromatic rings. The molecule has 0 saturated heterocycles. The van der Waals surface area contributed by atoms with Crippen LogP contribution in [0.15, 0.2) is 42.5 Å². The van der Waals surface area contributed by atoms with E-state index in [0.717, 1.165) is 16.8 Å². The molecule has 1 aromatic carbocycles. The van der Waals surface area contributed by atoms with Crippen molar-refractivity contribution in [2.75, 3.05) is 5.32 Å². The van der Waals surface area contributed by atoms with Crippen LogP contribution >= 0.6 is 0 Å². The largest absolute Gasteiger partial charge is 0.344 e. The van der Waals surface area contributed by atoms with Crippen molar-refractivity contribution in [1.29, 1.82) is 0 Å². The Kier molecular flexibility index (Phi) is 5.21. The van der Waals surface area contributed by atoms with Gasteiger partial charge in [-0.05, 0) is 30.2 Å². The smallest absolute Gasteiger partial charge is 0.314 e. The third-order valence-electron chi connectivity index (χ3n) is 3.02. The maximum atomic E-state index is 11.8. The van der Waals surface area contributed by atoms with Crippen LogP contribution in [-0.4, -0.2) is 16.8 Å². The van der Waals surface area contributed by atoms with Gasteiger partial charge in [-0.1, -0.05) is 30.3 Å². The zero-order valence-corrected chi connectivity index (χ0v) is 12.3. The van der Waals surface area contributed by atoms with Crippen molar-refractivity contribution in [1.82, 2.24) is 10.3 Å². The Bertz CT molecular complexity index is 685. The molecule has 114 valence electrons. The summed E-state index contributed by atoms with van der Waals surface area (Å²) in [5.74, 6) is -1.10. The summed E-state index contributed by atoms with van der Waals surface area (Å²) < 4.78 is 0. The fourth-order valence-corrected chi connectivity index (χ4v) is 1.91. The number of hydrogen-bond donors (Lipinski definition) is 3. The van der Waals surface area contributed by atoms with Gasteiger partial charge in [-0.3, -0.25) is 9.59 Å². The summed E-state index contributed by atoms with van der Waals surface area (Å²) in [6.07, 6.45) is 0. The quantitative estimate of drug-likeness (QED) is 0.736. The molecule has 0 radical (unpaired) electrons. The molecule has 0 aliphatic carbocycles. The standard InChI is InChI=1S/C16H18N4O2/c1-11-4-2-7-14(19-11)20-16(22)15(21)18-10-13-6-3-5-12(8-13)9-17/h2-8H,9-10,17H2,1H3,(H,18,21)(H,19,20,22). The molecule has 1 aromatic heterocycles. The number of nitrogens with zero attached hydrogens (tertiary/aromatic N) is 1. The number of aryl methyl sites for hydroxylation is 1. The van der Waals surface area contributed by atoms with Gasteiger partial charge in [-0.15, -0.1) is 0 Å². The lowest BCUT2D eigenvalue weighted by molar-refractivity contribution is -0.136. The Morgan fingerprint density at radius 2 is 1.82 bits per heavy atom. The third-order valence-corrected chi connectivity index (χ3v) is 3.02. The number of carbonyl (C=O) groups excluding carboxylic acids is 2. The third kappa shape index (κ3) is 4.39. The van der Waals surface area contributed by atoms with Gasteiger partial charge < -0.3 is 16.4 Å². The highest BCUT2D eigenvalue weighted by Crippen LogP contribution is 2.05. The molecule has 6 nitrogen and oxygen atoms in total. The van der Waals surface area contributed by atoms with Crippen molar-refractivity contribution < 1.29 is 9.59 Å². The summed E-state index contributed by atoms with van der Waals surface area (Å²) in [6, 6.07) is 12.7. The molecular formula is C16H18N4O2. The lowest BCUT2D eigenvalue weighted by Gasteiger charge is -2.07. The number of hydrogen-bond acceptors (Lipinski definition) is 4. The lowest BCUT2D eigenvalue weighted by Crippen LogP contribution is -2.35. The highest BCUT2D eigenvalue weighted by Gasteiger charge is 2.13. The zero-order chi connectivity index (χ0) is 15.9. The summed E-state index contributed by atoms with van der Waals surface area (Å²) in [5.41, 5.74) is 8.18. The van der Waals surface area contributed by atoms with Crippen molar-refractivity contribution in [2.45, 2.75) is 20.0 Å². The number of carbonyl (C=O) groups is 2. The molecule has 2 amide bonds. The van der Waals surface area contributed by atoms with Crippen LogP contribution in [0.4, 0.5) is 5.82 Å². The van der Waals surface area contributed by atoms with Crippen LogP contribution in [-0.2, 0) is 22.7 Å². The van der Waals surface area contributed by atoms with Gasteiger partial charge in [0.1, 0.15) is 5.82 Å². The molecule has 22 heavy (non-hydrogen) atoms. The van der Waals surface area contributed by atoms with Gasteiger partial charge >= 0.3 is 11.8 Å². The van der Waals surface area contributed by atoms with E-state index < -0.39 is 11.8 Å². The second-order valence-corrected chi connectivity index (χ2v) is 4.83. The number of anilines is 1. The number of amides is 2. The molecule has 0 atom stereocenters. The van der Waals surface area contributed by atoms with Crippen LogP contribution < -0.4 is 16.4 Å². The summed E-state index contributed by atoms with van der Waals surface area (Å²) in [5, 5.41) is 5.02. The summed E-state index contributed by atoms with van der Waals surface area (Å²) in [6.45, 7) is 2.50. The van der Waals surface area contributed by atoms with Crippen molar-refractivity contribution in [3.05, 3.63) is 59.3 Å². The van der Waals surface area contributed by atoms with Crippen LogP contribution in [0.1, 0.15) is 16.8 Å². The number of nitrogens with one attached hydrogen (secondary N) is 2. The number of aromatic nitrogens is 1. The van der Waals surface area contributed by atoms with Crippen molar-refractivity contribution >= 4 is 17.6 Å². The van der Waals surface area contributed by atoms with Crippen LogP contribution in [0.25, 0.3) is 0 Å². The van der Waals surface area contributed by atoms with Crippen LogP contribution in [0.2, 0.25) is 0 Å². The van der Waals surface area contributed by atoms with Crippen LogP contribution in [0.5, 0.6) is 0 Å². The summed E-state index contributed by atoms with van der Waals surface area (Å²) in [4.78, 5) is 27.7. The average molecular weight is 298 g/mol. The highest BCUT2D eigenvalue weighted by atomic mass is 16.2. The number of rotatable bonds is 4. The number of nitrogens with two attached hydrogens (primary N) is 1. The predicted octanol–water partition coefficient (Wildman–Crippen LogP) is 1.10. The minimum atomic E-state index is -0.743. The van der Waals surface area contributed by atoms with Gasteiger partial charge in [0, 0.05) is 18.8 Å². The fourth-order valence-electron chi connectivity index (χ4n) is 1.91. The van der Waals surface area contributed by atoms with E-state index in [4.69, 9.17) is 5.73 Å². The summed E-state index contributed by atoms with van der Waals surface area (Å²) >= 11 is 0. The first-order chi connectivity index (χ1) is 10.6. The lowest BCUT2D eigenvalue weighted by atomic mass is 10.1. The Hall–Kier alpha value is -2.73. The molecule has 6 heteroatoms. The van der Waals surface area contributed by atoms with Gasteiger partial charge in [0.05, 0.1) is 0 Å². The molecule has 0 unspecified atom stereocenters. The SMILES string of the molecule is Cc1cccc(NC(=O)C(=O)NCc2cccc(CN)c2)n1. The first kappa shape index (κ1) is 15.7. The molecule has 4 N–H and O–H groups in total. The van der Waals surface area contributed by atoms with E-state index in [0.29, 0.717) is 12.4 Å². The molecule has 0 aliphatic heterocycles. The van der Waals surface area contributed by atoms with E-state index in [1.807, 2.05) is 24.3 Å². The molecule has 1 heterocycles. The minimum absolute atomic E-state index is 0.265. The van der Waals surface area contributed by atoms with Crippen LogP contribution in [0.3, 0.4) is 0 Å². The number of benzene rings is 1. The van der Waals surface area contributed by atoms with Gasteiger partial charge in [0.25, 0.3) is 0 Å². The maximum Gasteiger partial charge on any atom is 0.314 e. The normalized spacial score (nSPS) is 10.1. The summed E-state index contributed by atoms with van der Waals surface area (Å²) in [7, 11) is 0. The van der Waals surface area contributed by atoms with Gasteiger partial charge in [0.15, 0.2) is 0 Å². The first-order valence-corrected chi connectivity index (χ1v) is 6.89. The second-order valence-electron chi connectivity index (χ2n) is 4.83. The number of pyridine rings is 1. The van der Waals surface area contributed by atoms with Gasteiger partial charge in [-0.2, -0.15) is 0 Å². The van der Waals surface area contributed by atoms with E-state index in [1.54, 1.807) is 25.1 Å². The van der Waals surface area contributed by atoms with Gasteiger partial charge in [0.2, 0.25) is 0 Å². The molecule has 2 rings (SSSR count). The Labute approximate surface area is 128 Å². The topological polar surface area (TPSA) is 97.1 Å².